The number of nitriles is 1. The number of hydrogen-bond donors (Lipinski definition) is 0. The van der Waals surface area contributed by atoms with E-state index < -0.39 is 5.41 Å². The SMILES string of the molecule is N#Cc1cccc(-n2c3ccccc3c3c(-n4c5ccccc5c5cc(C6(c7ccccc7)c7ccccc7-c7ccccc76)ccc54)cccc32)c1. The summed E-state index contributed by atoms with van der Waals surface area (Å²) >= 11 is 0. The minimum Gasteiger partial charge on any atom is -0.309 e. The van der Waals surface area contributed by atoms with Crippen LogP contribution in [0.25, 0.3) is 66.1 Å². The smallest absolute Gasteiger partial charge is 0.0992 e. The van der Waals surface area contributed by atoms with Gasteiger partial charge in [0.05, 0.1) is 44.8 Å². The van der Waals surface area contributed by atoms with Gasteiger partial charge in [0.2, 0.25) is 0 Å². The summed E-state index contributed by atoms with van der Waals surface area (Å²) in [6.07, 6.45) is 0. The van der Waals surface area contributed by atoms with Crippen LogP contribution in [0.3, 0.4) is 0 Å². The van der Waals surface area contributed by atoms with Gasteiger partial charge in [0.1, 0.15) is 0 Å². The Labute approximate surface area is 306 Å². The molecule has 53 heavy (non-hydrogen) atoms. The number of benzene rings is 8. The van der Waals surface area contributed by atoms with Gasteiger partial charge in [0.25, 0.3) is 0 Å². The molecule has 246 valence electrons. The highest BCUT2D eigenvalue weighted by Crippen LogP contribution is 2.56. The molecule has 0 radical (unpaired) electrons. The third-order valence-corrected chi connectivity index (χ3v) is 11.4. The van der Waals surface area contributed by atoms with Gasteiger partial charge in [-0.1, -0.05) is 133 Å². The summed E-state index contributed by atoms with van der Waals surface area (Å²) in [7, 11) is 0. The second-order valence-corrected chi connectivity index (χ2v) is 14.0. The van der Waals surface area contributed by atoms with Crippen molar-refractivity contribution in [3.63, 3.8) is 0 Å². The van der Waals surface area contributed by atoms with Crippen LogP contribution in [0.2, 0.25) is 0 Å². The van der Waals surface area contributed by atoms with Crippen molar-refractivity contribution in [1.29, 1.82) is 5.26 Å². The van der Waals surface area contributed by atoms with Crippen LogP contribution in [-0.2, 0) is 5.41 Å². The highest BCUT2D eigenvalue weighted by atomic mass is 15.0. The van der Waals surface area contributed by atoms with Gasteiger partial charge < -0.3 is 9.13 Å². The van der Waals surface area contributed by atoms with Gasteiger partial charge in [-0.15, -0.1) is 0 Å². The molecule has 0 fully saturated rings. The van der Waals surface area contributed by atoms with Crippen molar-refractivity contribution < 1.29 is 0 Å². The maximum Gasteiger partial charge on any atom is 0.0992 e. The zero-order valence-electron chi connectivity index (χ0n) is 28.7. The van der Waals surface area contributed by atoms with E-state index in [-0.39, 0.29) is 0 Å². The molecule has 0 saturated heterocycles. The van der Waals surface area contributed by atoms with E-state index in [1.165, 1.54) is 54.9 Å². The molecule has 0 N–H and O–H groups in total. The van der Waals surface area contributed by atoms with Crippen LogP contribution in [0.4, 0.5) is 0 Å². The predicted octanol–water partition coefficient (Wildman–Crippen LogP) is 12.1. The normalized spacial score (nSPS) is 13.0. The molecule has 0 atom stereocenters. The monoisotopic (exact) mass is 673 g/mol. The summed E-state index contributed by atoms with van der Waals surface area (Å²) < 4.78 is 4.74. The number of rotatable bonds is 4. The summed E-state index contributed by atoms with van der Waals surface area (Å²) in [6.45, 7) is 0. The molecule has 8 aromatic carbocycles. The average Bonchev–Trinajstić information content (AvgIpc) is 3.85. The van der Waals surface area contributed by atoms with Crippen molar-refractivity contribution in [2.75, 3.05) is 0 Å². The van der Waals surface area contributed by atoms with Crippen molar-refractivity contribution in [3.8, 4) is 28.6 Å². The summed E-state index contributed by atoms with van der Waals surface area (Å²) in [6, 6.07) is 70.3. The van der Waals surface area contributed by atoms with Crippen molar-refractivity contribution in [2.24, 2.45) is 0 Å². The first kappa shape index (κ1) is 29.6. The Morgan fingerprint density at radius 3 is 1.77 bits per heavy atom. The molecule has 0 amide bonds. The zero-order chi connectivity index (χ0) is 35.1. The zero-order valence-corrected chi connectivity index (χ0v) is 28.7. The molecule has 0 bridgehead atoms. The van der Waals surface area contributed by atoms with Crippen molar-refractivity contribution in [2.45, 2.75) is 5.41 Å². The highest BCUT2D eigenvalue weighted by Gasteiger charge is 2.46. The van der Waals surface area contributed by atoms with Crippen LogP contribution in [-0.4, -0.2) is 9.13 Å². The van der Waals surface area contributed by atoms with Crippen molar-refractivity contribution >= 4 is 43.6 Å². The molecule has 0 spiro atoms. The molecular weight excluding hydrogens is 643 g/mol. The molecule has 1 aliphatic carbocycles. The van der Waals surface area contributed by atoms with Crippen LogP contribution in [0, 0.1) is 11.3 Å². The minimum atomic E-state index is -0.475. The number of fused-ring (bicyclic) bond motifs is 9. The number of nitrogens with zero attached hydrogens (tertiary/aromatic N) is 3. The Morgan fingerprint density at radius 1 is 0.415 bits per heavy atom. The van der Waals surface area contributed by atoms with E-state index >= 15 is 0 Å². The van der Waals surface area contributed by atoms with Gasteiger partial charge in [-0.2, -0.15) is 5.26 Å². The molecule has 10 aromatic rings. The molecule has 2 aromatic heterocycles. The first-order chi connectivity index (χ1) is 26.3. The van der Waals surface area contributed by atoms with E-state index in [9.17, 15) is 5.26 Å². The molecule has 11 rings (SSSR count). The van der Waals surface area contributed by atoms with Gasteiger partial charge >= 0.3 is 0 Å². The lowest BCUT2D eigenvalue weighted by atomic mass is 9.67. The van der Waals surface area contributed by atoms with Crippen LogP contribution in [0.1, 0.15) is 27.8 Å². The molecule has 1 aliphatic rings. The molecule has 0 saturated carbocycles. The lowest BCUT2D eigenvalue weighted by Gasteiger charge is -2.34. The second-order valence-electron chi connectivity index (χ2n) is 14.0. The Morgan fingerprint density at radius 2 is 1.02 bits per heavy atom. The second kappa shape index (κ2) is 11.2. The van der Waals surface area contributed by atoms with E-state index in [0.717, 1.165) is 33.4 Å². The Bertz CT molecular complexity index is 3090. The maximum absolute atomic E-state index is 9.76. The highest BCUT2D eigenvalue weighted by molar-refractivity contribution is 6.16. The third-order valence-electron chi connectivity index (χ3n) is 11.4. The minimum absolute atomic E-state index is 0.475. The van der Waals surface area contributed by atoms with Crippen LogP contribution in [0.15, 0.2) is 188 Å². The van der Waals surface area contributed by atoms with Gasteiger partial charge in [0.15, 0.2) is 0 Å². The average molecular weight is 674 g/mol. The Kier molecular flexibility index (Phi) is 6.23. The topological polar surface area (TPSA) is 33.6 Å². The summed E-state index contributed by atoms with van der Waals surface area (Å²) in [5, 5.41) is 14.5. The Hall–Kier alpha value is -7.15. The van der Waals surface area contributed by atoms with Crippen LogP contribution >= 0.6 is 0 Å². The summed E-state index contributed by atoms with van der Waals surface area (Å²) in [5.41, 5.74) is 14.5. The lowest BCUT2D eigenvalue weighted by Crippen LogP contribution is -2.28. The van der Waals surface area contributed by atoms with Gasteiger partial charge in [-0.3, -0.25) is 0 Å². The quantitative estimate of drug-likeness (QED) is 0.183. The Balaban J connectivity index is 1.23. The van der Waals surface area contributed by atoms with Gasteiger partial charge in [-0.05, 0) is 88.0 Å². The van der Waals surface area contributed by atoms with Gasteiger partial charge in [0, 0.05) is 27.2 Å². The summed E-state index contributed by atoms with van der Waals surface area (Å²) in [5.74, 6) is 0. The molecule has 0 unspecified atom stereocenters. The standard InChI is InChI=1S/C50H31N3/c51-32-33-14-12-17-36(30-33)52-45-25-11-7-21-40(45)49-47(52)26-13-27-48(49)53-44-24-10-6-20-39(44)41-31-35(28-29-46(41)53)50(34-15-2-1-3-16-34)42-22-8-4-18-37(42)38-19-5-9-23-43(38)50/h1-31H. The largest absolute Gasteiger partial charge is 0.309 e. The van der Waals surface area contributed by atoms with Gasteiger partial charge in [-0.25, -0.2) is 0 Å². The van der Waals surface area contributed by atoms with E-state index in [4.69, 9.17) is 0 Å². The van der Waals surface area contributed by atoms with E-state index in [1.54, 1.807) is 0 Å². The molecule has 3 nitrogen and oxygen atoms in total. The molecule has 0 aliphatic heterocycles. The molecule has 3 heteroatoms. The van der Waals surface area contributed by atoms with E-state index in [2.05, 4.69) is 185 Å². The fourth-order valence-electron chi connectivity index (χ4n) is 9.36. The molecule has 2 heterocycles. The number of hydrogen-bond acceptors (Lipinski definition) is 1. The van der Waals surface area contributed by atoms with Crippen molar-refractivity contribution in [3.05, 3.63) is 216 Å². The van der Waals surface area contributed by atoms with E-state index in [1.807, 2.05) is 18.2 Å². The number of aromatic nitrogens is 2. The van der Waals surface area contributed by atoms with Crippen molar-refractivity contribution in [1.82, 2.24) is 9.13 Å². The fourth-order valence-corrected chi connectivity index (χ4v) is 9.36. The lowest BCUT2D eigenvalue weighted by molar-refractivity contribution is 0.770. The predicted molar refractivity (Wildman–Crippen MR) is 217 cm³/mol. The summed E-state index contributed by atoms with van der Waals surface area (Å²) in [4.78, 5) is 0. The maximum atomic E-state index is 9.76. The first-order valence-electron chi connectivity index (χ1n) is 18.1. The van der Waals surface area contributed by atoms with Crippen LogP contribution < -0.4 is 0 Å². The molecular formula is C50H31N3. The first-order valence-corrected chi connectivity index (χ1v) is 18.1. The third kappa shape index (κ3) is 3.98. The fraction of sp³-hybridized carbons (Fsp3) is 0.0200. The van der Waals surface area contributed by atoms with E-state index in [0.29, 0.717) is 5.56 Å². The van der Waals surface area contributed by atoms with Crippen LogP contribution in [0.5, 0.6) is 0 Å². The number of para-hydroxylation sites is 2.